The molecule has 6 rings (SSSR count). The smallest absolute Gasteiger partial charge is 0.410 e. The third kappa shape index (κ3) is 4.05. The Balaban J connectivity index is 1.17. The van der Waals surface area contributed by atoms with Crippen LogP contribution in [-0.2, 0) is 15.9 Å². The van der Waals surface area contributed by atoms with E-state index in [2.05, 4.69) is 30.3 Å². The van der Waals surface area contributed by atoms with Crippen LogP contribution in [0.2, 0.25) is 0 Å². The molecule has 1 saturated heterocycles. The summed E-state index contributed by atoms with van der Waals surface area (Å²) in [4.78, 5) is 15.2. The molecular weight excluding hydrogens is 457 g/mol. The van der Waals surface area contributed by atoms with Gasteiger partial charge in [-0.25, -0.2) is 9.18 Å². The summed E-state index contributed by atoms with van der Waals surface area (Å²) in [7, 11) is 1.46. The zero-order chi connectivity index (χ0) is 24.6. The van der Waals surface area contributed by atoms with Gasteiger partial charge in [-0.2, -0.15) is 0 Å². The van der Waals surface area contributed by atoms with Crippen LogP contribution in [0.4, 0.5) is 9.18 Å². The summed E-state index contributed by atoms with van der Waals surface area (Å²) in [6.07, 6.45) is 3.08. The Labute approximate surface area is 210 Å². The van der Waals surface area contributed by atoms with E-state index in [9.17, 15) is 9.18 Å². The average molecular weight is 486 g/mol. The summed E-state index contributed by atoms with van der Waals surface area (Å²) >= 11 is 0. The standard InChI is InChI=1S/C30H28FNO4/c1-34-29-11-10-19(15-28(29)31)12-20-13-21-16-35-17-22(14-20)32(21)30(33)36-18-27-25-8-4-2-6-23(25)24-7-3-5-9-26(24)27/h2-11,13,15,21-22,27H,12,14,16-18H2,1H3. The van der Waals surface area contributed by atoms with E-state index in [0.29, 0.717) is 32.7 Å². The number of amides is 1. The fourth-order valence-electron chi connectivity index (χ4n) is 5.85. The van der Waals surface area contributed by atoms with Crippen molar-refractivity contribution in [1.29, 1.82) is 0 Å². The Morgan fingerprint density at radius 2 is 1.75 bits per heavy atom. The lowest BCUT2D eigenvalue weighted by Crippen LogP contribution is -2.56. The van der Waals surface area contributed by atoms with Gasteiger partial charge in [0.15, 0.2) is 11.6 Å². The van der Waals surface area contributed by atoms with Crippen molar-refractivity contribution in [2.24, 2.45) is 0 Å². The minimum absolute atomic E-state index is 0.0262. The second kappa shape index (κ2) is 9.43. The Morgan fingerprint density at radius 3 is 2.42 bits per heavy atom. The maximum absolute atomic E-state index is 14.2. The molecule has 184 valence electrons. The number of carbonyl (C=O) groups excluding carboxylic acids is 1. The molecule has 2 unspecified atom stereocenters. The molecule has 0 spiro atoms. The molecule has 3 aliphatic rings. The van der Waals surface area contributed by atoms with Gasteiger partial charge in [0.2, 0.25) is 0 Å². The number of carbonyl (C=O) groups is 1. The van der Waals surface area contributed by atoms with Crippen molar-refractivity contribution in [2.45, 2.75) is 30.8 Å². The van der Waals surface area contributed by atoms with E-state index in [1.54, 1.807) is 6.07 Å². The van der Waals surface area contributed by atoms with Crippen LogP contribution < -0.4 is 4.74 Å². The van der Waals surface area contributed by atoms with Crippen molar-refractivity contribution < 1.29 is 23.4 Å². The Morgan fingerprint density at radius 1 is 1.03 bits per heavy atom. The molecule has 0 N–H and O–H groups in total. The molecule has 1 fully saturated rings. The molecule has 0 aromatic heterocycles. The molecule has 3 aromatic rings. The lowest BCUT2D eigenvalue weighted by atomic mass is 9.90. The molecule has 2 bridgehead atoms. The number of halogens is 1. The summed E-state index contributed by atoms with van der Waals surface area (Å²) in [6.45, 7) is 1.20. The van der Waals surface area contributed by atoms with Crippen LogP contribution in [0.25, 0.3) is 11.1 Å². The predicted molar refractivity (Wildman–Crippen MR) is 135 cm³/mol. The van der Waals surface area contributed by atoms with Crippen molar-refractivity contribution in [3.63, 3.8) is 0 Å². The normalized spacial score (nSPS) is 20.4. The quantitative estimate of drug-likeness (QED) is 0.434. The van der Waals surface area contributed by atoms with Gasteiger partial charge < -0.3 is 14.2 Å². The first-order chi connectivity index (χ1) is 17.6. The van der Waals surface area contributed by atoms with Gasteiger partial charge in [-0.3, -0.25) is 4.90 Å². The minimum Gasteiger partial charge on any atom is -0.494 e. The lowest BCUT2D eigenvalue weighted by Gasteiger charge is -2.44. The maximum Gasteiger partial charge on any atom is 0.410 e. The highest BCUT2D eigenvalue weighted by atomic mass is 19.1. The highest BCUT2D eigenvalue weighted by molar-refractivity contribution is 5.79. The number of ether oxygens (including phenoxy) is 3. The fourth-order valence-corrected chi connectivity index (χ4v) is 5.85. The second-order valence-electron chi connectivity index (χ2n) is 9.64. The van der Waals surface area contributed by atoms with Gasteiger partial charge in [0.05, 0.1) is 32.4 Å². The van der Waals surface area contributed by atoms with Crippen LogP contribution in [0.3, 0.4) is 0 Å². The molecule has 2 aliphatic heterocycles. The summed E-state index contributed by atoms with van der Waals surface area (Å²) in [5.74, 6) is -0.100. The van der Waals surface area contributed by atoms with E-state index in [-0.39, 0.29) is 35.7 Å². The van der Waals surface area contributed by atoms with E-state index in [4.69, 9.17) is 14.2 Å². The Hall–Kier alpha value is -3.64. The van der Waals surface area contributed by atoms with Gasteiger partial charge in [-0.05, 0) is 52.8 Å². The Bertz CT molecular complexity index is 1290. The largest absolute Gasteiger partial charge is 0.494 e. The zero-order valence-electron chi connectivity index (χ0n) is 20.2. The van der Waals surface area contributed by atoms with Crippen molar-refractivity contribution >= 4 is 6.09 Å². The number of nitrogens with zero attached hydrogens (tertiary/aromatic N) is 1. The van der Waals surface area contributed by atoms with Crippen LogP contribution in [0.1, 0.15) is 29.0 Å². The first kappa shape index (κ1) is 22.8. The summed E-state index contributed by atoms with van der Waals surface area (Å²) in [6, 6.07) is 21.4. The first-order valence-corrected chi connectivity index (χ1v) is 12.4. The number of hydrogen-bond acceptors (Lipinski definition) is 4. The van der Waals surface area contributed by atoms with Crippen LogP contribution >= 0.6 is 0 Å². The van der Waals surface area contributed by atoms with Gasteiger partial charge in [0, 0.05) is 5.92 Å². The number of rotatable bonds is 5. The number of morpholine rings is 1. The minimum atomic E-state index is -0.366. The van der Waals surface area contributed by atoms with Crippen LogP contribution in [0.15, 0.2) is 78.4 Å². The van der Waals surface area contributed by atoms with Gasteiger partial charge in [0.25, 0.3) is 0 Å². The van der Waals surface area contributed by atoms with Crippen molar-refractivity contribution in [1.82, 2.24) is 4.90 Å². The maximum atomic E-state index is 14.2. The SMILES string of the molecule is COc1ccc(CC2=CC3COCC(C2)N3C(=O)OCC2c3ccccc3-c3ccccc32)cc1F. The Kier molecular flexibility index (Phi) is 5.97. The topological polar surface area (TPSA) is 48.0 Å². The van der Waals surface area contributed by atoms with Crippen LogP contribution in [0, 0.1) is 5.82 Å². The predicted octanol–water partition coefficient (Wildman–Crippen LogP) is 5.73. The zero-order valence-corrected chi connectivity index (χ0v) is 20.2. The van der Waals surface area contributed by atoms with Gasteiger partial charge in [-0.15, -0.1) is 0 Å². The van der Waals surface area contributed by atoms with E-state index in [0.717, 1.165) is 5.56 Å². The molecule has 2 heterocycles. The van der Waals surface area contributed by atoms with E-state index >= 15 is 0 Å². The van der Waals surface area contributed by atoms with E-state index in [1.165, 1.54) is 41.0 Å². The average Bonchev–Trinajstić information content (AvgIpc) is 3.20. The fraction of sp³-hybridized carbons (Fsp3) is 0.300. The second-order valence-corrected chi connectivity index (χ2v) is 9.64. The molecule has 1 aliphatic carbocycles. The highest BCUT2D eigenvalue weighted by Crippen LogP contribution is 2.44. The third-order valence-electron chi connectivity index (χ3n) is 7.47. The van der Waals surface area contributed by atoms with Gasteiger partial charge >= 0.3 is 6.09 Å². The summed E-state index contributed by atoms with van der Waals surface area (Å²) in [5, 5.41) is 0. The number of hydrogen-bond donors (Lipinski definition) is 0. The van der Waals surface area contributed by atoms with E-state index in [1.807, 2.05) is 35.2 Å². The molecule has 5 nitrogen and oxygen atoms in total. The van der Waals surface area contributed by atoms with Crippen LogP contribution in [0.5, 0.6) is 5.75 Å². The monoisotopic (exact) mass is 485 g/mol. The molecule has 0 saturated carbocycles. The first-order valence-electron chi connectivity index (χ1n) is 12.4. The number of methoxy groups -OCH3 is 1. The third-order valence-corrected chi connectivity index (χ3v) is 7.47. The molecular formula is C30H28FNO4. The summed E-state index contributed by atoms with van der Waals surface area (Å²) in [5.41, 5.74) is 6.87. The van der Waals surface area contributed by atoms with Gasteiger partial charge in [-0.1, -0.05) is 66.2 Å². The molecule has 2 atom stereocenters. The molecule has 0 radical (unpaired) electrons. The lowest BCUT2D eigenvalue weighted by molar-refractivity contribution is -0.0363. The molecule has 1 amide bonds. The number of fused-ring (bicyclic) bond motifs is 5. The number of benzene rings is 3. The van der Waals surface area contributed by atoms with Crippen molar-refractivity contribution in [3.05, 3.63) is 101 Å². The highest BCUT2D eigenvalue weighted by Gasteiger charge is 2.39. The van der Waals surface area contributed by atoms with E-state index < -0.39 is 0 Å². The molecule has 36 heavy (non-hydrogen) atoms. The molecule has 3 aromatic carbocycles. The van der Waals surface area contributed by atoms with Crippen molar-refractivity contribution in [2.75, 3.05) is 26.9 Å². The van der Waals surface area contributed by atoms with Crippen LogP contribution in [-0.4, -0.2) is 50.0 Å². The molecule has 6 heteroatoms. The van der Waals surface area contributed by atoms with Gasteiger partial charge in [0.1, 0.15) is 6.61 Å². The summed E-state index contributed by atoms with van der Waals surface area (Å²) < 4.78 is 30.9. The van der Waals surface area contributed by atoms with Crippen molar-refractivity contribution in [3.8, 4) is 16.9 Å².